The van der Waals surface area contributed by atoms with Crippen molar-refractivity contribution in [2.75, 3.05) is 26.2 Å². The first-order valence-electron chi connectivity index (χ1n) is 5.94. The zero-order chi connectivity index (χ0) is 11.1. The highest BCUT2D eigenvalue weighted by molar-refractivity contribution is 6.25. The van der Waals surface area contributed by atoms with Crippen LogP contribution in [0.25, 0.3) is 0 Å². The van der Waals surface area contributed by atoms with E-state index in [0.717, 1.165) is 12.5 Å². The molecule has 15 heavy (non-hydrogen) atoms. The van der Waals surface area contributed by atoms with E-state index in [4.69, 9.17) is 11.6 Å². The van der Waals surface area contributed by atoms with Crippen LogP contribution in [-0.4, -0.2) is 37.1 Å². The maximum atomic E-state index is 5.57. The zero-order valence-electron chi connectivity index (χ0n) is 9.88. The molecule has 0 saturated carbocycles. The Morgan fingerprint density at radius 2 is 2.33 bits per heavy atom. The van der Waals surface area contributed by atoms with E-state index >= 15 is 0 Å². The first-order valence-corrected chi connectivity index (χ1v) is 6.37. The fourth-order valence-electron chi connectivity index (χ4n) is 2.08. The minimum Gasteiger partial charge on any atom is -0.316 e. The summed E-state index contributed by atoms with van der Waals surface area (Å²) in [7, 11) is 0. The van der Waals surface area contributed by atoms with Gasteiger partial charge in [0, 0.05) is 24.7 Å². The van der Waals surface area contributed by atoms with E-state index in [1.54, 1.807) is 5.54 Å². The molecule has 88 valence electrons. The topological polar surface area (TPSA) is 15.3 Å². The van der Waals surface area contributed by atoms with Crippen molar-refractivity contribution in [3.05, 3.63) is 11.6 Å². The molecule has 1 rings (SSSR count). The molecule has 2 nitrogen and oxygen atoms in total. The van der Waals surface area contributed by atoms with Crippen molar-refractivity contribution in [1.82, 2.24) is 10.2 Å². The Morgan fingerprint density at radius 1 is 1.53 bits per heavy atom. The quantitative estimate of drug-likeness (QED) is 0.781. The van der Waals surface area contributed by atoms with E-state index in [-0.39, 0.29) is 0 Å². The van der Waals surface area contributed by atoms with Crippen LogP contribution in [0.15, 0.2) is 11.6 Å². The molecule has 0 aromatic heterocycles. The maximum Gasteiger partial charge on any atom is 0.0177 e. The molecule has 3 heteroatoms. The van der Waals surface area contributed by atoms with Crippen LogP contribution in [-0.2, 0) is 0 Å². The summed E-state index contributed by atoms with van der Waals surface area (Å²) in [4.78, 5) is 2.48. The van der Waals surface area contributed by atoms with Gasteiger partial charge in [0.25, 0.3) is 0 Å². The fraction of sp³-hybridized carbons (Fsp3) is 0.833. The largest absolute Gasteiger partial charge is 0.316 e. The lowest BCUT2D eigenvalue weighted by Gasteiger charge is -2.32. The molecule has 0 radical (unpaired) electrons. The Labute approximate surface area is 98.7 Å². The van der Waals surface area contributed by atoms with Gasteiger partial charge in [0.05, 0.1) is 0 Å². The van der Waals surface area contributed by atoms with E-state index in [1.165, 1.54) is 32.5 Å². The third kappa shape index (κ3) is 5.01. The molecule has 1 heterocycles. The molecule has 1 N–H and O–H groups in total. The van der Waals surface area contributed by atoms with Crippen LogP contribution in [0.5, 0.6) is 0 Å². The summed E-state index contributed by atoms with van der Waals surface area (Å²) >= 11 is 5.57. The summed E-state index contributed by atoms with van der Waals surface area (Å²) in [5, 5.41) is 3.46. The number of piperidine rings is 1. The zero-order valence-corrected chi connectivity index (χ0v) is 10.6. The molecule has 1 aliphatic heterocycles. The SMILES string of the molecule is CC(C)N(C/C=C/Cl)CC1CCCNC1. The molecule has 0 bridgehead atoms. The molecule has 1 unspecified atom stereocenters. The fourth-order valence-corrected chi connectivity index (χ4v) is 2.16. The molecular weight excluding hydrogens is 208 g/mol. The molecule has 0 aromatic rings. The van der Waals surface area contributed by atoms with Gasteiger partial charge in [0.2, 0.25) is 0 Å². The van der Waals surface area contributed by atoms with Crippen molar-refractivity contribution >= 4 is 11.6 Å². The van der Waals surface area contributed by atoms with Crippen LogP contribution in [0.4, 0.5) is 0 Å². The van der Waals surface area contributed by atoms with Gasteiger partial charge in [-0.05, 0) is 45.7 Å². The normalized spacial score (nSPS) is 23.1. The van der Waals surface area contributed by atoms with Crippen LogP contribution >= 0.6 is 11.6 Å². The second kappa shape index (κ2) is 7.26. The smallest absolute Gasteiger partial charge is 0.0177 e. The molecule has 0 aromatic carbocycles. The Morgan fingerprint density at radius 3 is 2.87 bits per heavy atom. The summed E-state index contributed by atoms with van der Waals surface area (Å²) in [6.45, 7) is 9.02. The number of nitrogens with one attached hydrogen (secondary N) is 1. The number of halogens is 1. The van der Waals surface area contributed by atoms with Gasteiger partial charge in [-0.15, -0.1) is 0 Å². The van der Waals surface area contributed by atoms with Gasteiger partial charge in [0.1, 0.15) is 0 Å². The lowest BCUT2D eigenvalue weighted by Crippen LogP contribution is -2.41. The molecule has 1 saturated heterocycles. The first kappa shape index (κ1) is 13.0. The molecule has 1 fully saturated rings. The average molecular weight is 231 g/mol. The van der Waals surface area contributed by atoms with E-state index in [9.17, 15) is 0 Å². The van der Waals surface area contributed by atoms with Crippen molar-refractivity contribution in [1.29, 1.82) is 0 Å². The van der Waals surface area contributed by atoms with Crippen molar-refractivity contribution in [2.24, 2.45) is 5.92 Å². The third-order valence-electron chi connectivity index (χ3n) is 3.05. The lowest BCUT2D eigenvalue weighted by atomic mass is 9.98. The highest BCUT2D eigenvalue weighted by Gasteiger charge is 2.17. The first-order chi connectivity index (χ1) is 7.24. The molecule has 0 amide bonds. The van der Waals surface area contributed by atoms with E-state index < -0.39 is 0 Å². The summed E-state index contributed by atoms with van der Waals surface area (Å²) in [5.41, 5.74) is 1.62. The lowest BCUT2D eigenvalue weighted by molar-refractivity contribution is 0.188. The number of rotatable bonds is 5. The third-order valence-corrected chi connectivity index (χ3v) is 3.23. The maximum absolute atomic E-state index is 5.57. The monoisotopic (exact) mass is 230 g/mol. The summed E-state index contributed by atoms with van der Waals surface area (Å²) < 4.78 is 0. The highest BCUT2D eigenvalue weighted by atomic mass is 35.5. The van der Waals surface area contributed by atoms with Gasteiger partial charge in [-0.25, -0.2) is 0 Å². The Balaban J connectivity index is 2.35. The Kier molecular flexibility index (Phi) is 6.30. The molecule has 0 aliphatic carbocycles. The van der Waals surface area contributed by atoms with Crippen LogP contribution in [0.1, 0.15) is 26.7 Å². The number of hydrogen-bond acceptors (Lipinski definition) is 2. The van der Waals surface area contributed by atoms with E-state index in [2.05, 4.69) is 24.1 Å². The van der Waals surface area contributed by atoms with Gasteiger partial charge >= 0.3 is 0 Å². The molecular formula is C12H23ClN2. The molecule has 1 aliphatic rings. The van der Waals surface area contributed by atoms with E-state index in [1.807, 2.05) is 6.08 Å². The molecule has 0 spiro atoms. The van der Waals surface area contributed by atoms with E-state index in [0.29, 0.717) is 6.04 Å². The average Bonchev–Trinajstić information content (AvgIpc) is 2.25. The predicted octanol–water partition coefficient (Wildman–Crippen LogP) is 2.45. The minimum atomic E-state index is 0.597. The second-order valence-corrected chi connectivity index (χ2v) is 4.87. The van der Waals surface area contributed by atoms with Crippen LogP contribution < -0.4 is 5.32 Å². The number of nitrogens with zero attached hydrogens (tertiary/aromatic N) is 1. The Bertz CT molecular complexity index is 186. The minimum absolute atomic E-state index is 0.597. The summed E-state index contributed by atoms with van der Waals surface area (Å²) in [6, 6.07) is 0.597. The summed E-state index contributed by atoms with van der Waals surface area (Å²) in [5.74, 6) is 0.810. The standard InChI is InChI=1S/C12H23ClN2/c1-11(2)15(8-4-6-13)10-12-5-3-7-14-9-12/h4,6,11-12,14H,3,5,7-10H2,1-2H3/b6-4+. The molecule has 1 atom stereocenters. The highest BCUT2D eigenvalue weighted by Crippen LogP contribution is 2.13. The van der Waals surface area contributed by atoms with Crippen molar-refractivity contribution in [3.8, 4) is 0 Å². The van der Waals surface area contributed by atoms with Gasteiger partial charge in [-0.3, -0.25) is 4.90 Å². The van der Waals surface area contributed by atoms with Crippen LogP contribution in [0, 0.1) is 5.92 Å². The Hall–Kier alpha value is -0.0500. The van der Waals surface area contributed by atoms with Gasteiger partial charge in [-0.2, -0.15) is 0 Å². The van der Waals surface area contributed by atoms with Crippen LogP contribution in [0.3, 0.4) is 0 Å². The van der Waals surface area contributed by atoms with Gasteiger partial charge in [-0.1, -0.05) is 17.7 Å². The van der Waals surface area contributed by atoms with Crippen molar-refractivity contribution in [2.45, 2.75) is 32.7 Å². The van der Waals surface area contributed by atoms with Crippen LogP contribution in [0.2, 0.25) is 0 Å². The predicted molar refractivity (Wildman–Crippen MR) is 67.3 cm³/mol. The van der Waals surface area contributed by atoms with Crippen molar-refractivity contribution in [3.63, 3.8) is 0 Å². The second-order valence-electron chi connectivity index (χ2n) is 4.62. The van der Waals surface area contributed by atoms with Crippen molar-refractivity contribution < 1.29 is 0 Å². The summed E-state index contributed by atoms with van der Waals surface area (Å²) in [6.07, 6.45) is 4.71. The van der Waals surface area contributed by atoms with Gasteiger partial charge in [0.15, 0.2) is 0 Å². The van der Waals surface area contributed by atoms with Gasteiger partial charge < -0.3 is 5.32 Å². The number of hydrogen-bond donors (Lipinski definition) is 1.